The van der Waals surface area contributed by atoms with E-state index in [2.05, 4.69) is 25.8 Å². The Morgan fingerprint density at radius 1 is 1.30 bits per heavy atom. The van der Waals surface area contributed by atoms with E-state index in [-0.39, 0.29) is 30.7 Å². The van der Waals surface area contributed by atoms with Gasteiger partial charge in [-0.3, -0.25) is 9.78 Å². The number of aromatic nitrogens is 3. The molecule has 6 nitrogen and oxygen atoms in total. The van der Waals surface area contributed by atoms with Crippen molar-refractivity contribution in [2.45, 2.75) is 6.42 Å². The first-order valence-corrected chi connectivity index (χ1v) is 6.30. The summed E-state index contributed by atoms with van der Waals surface area (Å²) in [7, 11) is 1.80. The monoisotopic (exact) mass is 335 g/mol. The van der Waals surface area contributed by atoms with Crippen molar-refractivity contribution in [3.63, 3.8) is 0 Å². The number of nitrogens with zero attached hydrogens (tertiary/aromatic N) is 3. The largest absolute Gasteiger partial charge is 0.319 e. The summed E-state index contributed by atoms with van der Waals surface area (Å²) in [6.45, 7) is 0.637. The molecule has 0 spiro atoms. The third-order valence-electron chi connectivity index (χ3n) is 2.16. The molecule has 0 aliphatic heterocycles. The van der Waals surface area contributed by atoms with Gasteiger partial charge in [-0.25, -0.2) is 0 Å². The first kappa shape index (κ1) is 18.7. The third-order valence-corrected chi connectivity index (χ3v) is 3.02. The lowest BCUT2D eigenvalue weighted by Crippen LogP contribution is -2.18. The van der Waals surface area contributed by atoms with Crippen LogP contribution < -0.4 is 10.6 Å². The average Bonchev–Trinajstić information content (AvgIpc) is 2.86. The molecule has 0 aliphatic carbocycles. The summed E-state index contributed by atoms with van der Waals surface area (Å²) in [5.74, 6) is -0.0759. The van der Waals surface area contributed by atoms with E-state index < -0.39 is 0 Å². The highest BCUT2D eigenvalue weighted by molar-refractivity contribution is 7.18. The van der Waals surface area contributed by atoms with Crippen LogP contribution in [-0.4, -0.2) is 34.7 Å². The number of anilines is 1. The fraction of sp³-hybridized carbons (Fsp3) is 0.273. The van der Waals surface area contributed by atoms with Gasteiger partial charge in [0.25, 0.3) is 0 Å². The van der Waals surface area contributed by atoms with E-state index in [4.69, 9.17) is 0 Å². The summed E-state index contributed by atoms with van der Waals surface area (Å²) in [6, 6.07) is 5.58. The molecule has 9 heteroatoms. The summed E-state index contributed by atoms with van der Waals surface area (Å²) < 4.78 is 0. The molecule has 0 radical (unpaired) electrons. The number of pyridine rings is 1. The second-order valence-electron chi connectivity index (χ2n) is 3.53. The molecule has 110 valence electrons. The molecular weight excluding hydrogens is 321 g/mol. The van der Waals surface area contributed by atoms with Crippen LogP contribution in [0.4, 0.5) is 5.13 Å². The lowest BCUT2D eigenvalue weighted by Gasteiger charge is -1.99. The van der Waals surface area contributed by atoms with Gasteiger partial charge in [-0.05, 0) is 19.2 Å². The Morgan fingerprint density at radius 2 is 2.10 bits per heavy atom. The van der Waals surface area contributed by atoms with Crippen molar-refractivity contribution in [2.75, 3.05) is 18.9 Å². The number of rotatable bonds is 5. The molecule has 1 amide bonds. The van der Waals surface area contributed by atoms with Crippen molar-refractivity contribution in [1.29, 1.82) is 0 Å². The first-order chi connectivity index (χ1) is 8.79. The van der Waals surface area contributed by atoms with Crippen LogP contribution in [0.15, 0.2) is 24.4 Å². The number of hydrogen-bond donors (Lipinski definition) is 2. The van der Waals surface area contributed by atoms with Crippen molar-refractivity contribution in [3.05, 3.63) is 24.4 Å². The van der Waals surface area contributed by atoms with Gasteiger partial charge < -0.3 is 10.6 Å². The summed E-state index contributed by atoms with van der Waals surface area (Å²) >= 11 is 1.31. The molecule has 2 N–H and O–H groups in total. The second kappa shape index (κ2) is 9.60. The van der Waals surface area contributed by atoms with E-state index in [9.17, 15) is 4.79 Å². The van der Waals surface area contributed by atoms with Crippen molar-refractivity contribution in [1.82, 2.24) is 20.5 Å². The molecule has 2 heterocycles. The number of amides is 1. The minimum atomic E-state index is -0.0759. The quantitative estimate of drug-likeness (QED) is 0.873. The van der Waals surface area contributed by atoms with Crippen LogP contribution in [0.1, 0.15) is 6.42 Å². The van der Waals surface area contributed by atoms with Crippen molar-refractivity contribution < 1.29 is 4.79 Å². The lowest BCUT2D eigenvalue weighted by atomic mass is 10.4. The molecule has 0 aliphatic rings. The lowest BCUT2D eigenvalue weighted by molar-refractivity contribution is -0.116. The fourth-order valence-corrected chi connectivity index (χ4v) is 2.02. The van der Waals surface area contributed by atoms with E-state index >= 15 is 0 Å². The third kappa shape index (κ3) is 5.38. The highest BCUT2D eigenvalue weighted by Crippen LogP contribution is 2.24. The Morgan fingerprint density at radius 3 is 2.75 bits per heavy atom. The number of halogens is 2. The van der Waals surface area contributed by atoms with Gasteiger partial charge in [0.2, 0.25) is 11.0 Å². The van der Waals surface area contributed by atoms with Gasteiger partial charge in [0.05, 0.1) is 0 Å². The predicted octanol–water partition coefficient (Wildman–Crippen LogP) is 1.99. The smallest absolute Gasteiger partial charge is 0.227 e. The van der Waals surface area contributed by atoms with Gasteiger partial charge in [0, 0.05) is 19.2 Å². The molecule has 2 rings (SSSR count). The van der Waals surface area contributed by atoms with Crippen molar-refractivity contribution >= 4 is 47.2 Å². The molecule has 20 heavy (non-hydrogen) atoms. The number of nitrogens with one attached hydrogen (secondary N) is 2. The van der Waals surface area contributed by atoms with Crippen LogP contribution in [0, 0.1) is 0 Å². The van der Waals surface area contributed by atoms with Crippen LogP contribution in [-0.2, 0) is 4.79 Å². The Labute approximate surface area is 133 Å². The maximum Gasteiger partial charge on any atom is 0.227 e. The van der Waals surface area contributed by atoms with Crippen LogP contribution in [0.25, 0.3) is 10.7 Å². The van der Waals surface area contributed by atoms with Crippen LogP contribution in [0.2, 0.25) is 0 Å². The highest BCUT2D eigenvalue weighted by atomic mass is 35.5. The molecule has 0 unspecified atom stereocenters. The normalized spacial score (nSPS) is 9.25. The van der Waals surface area contributed by atoms with Crippen molar-refractivity contribution in [2.24, 2.45) is 0 Å². The minimum Gasteiger partial charge on any atom is -0.319 e. The number of hydrogen-bond acceptors (Lipinski definition) is 6. The molecule has 0 fully saturated rings. The van der Waals surface area contributed by atoms with Crippen LogP contribution in [0.5, 0.6) is 0 Å². The summed E-state index contributed by atoms with van der Waals surface area (Å²) in [5, 5.41) is 14.7. The maximum atomic E-state index is 11.5. The zero-order chi connectivity index (χ0) is 12.8. The molecule has 0 aromatic carbocycles. The van der Waals surface area contributed by atoms with Gasteiger partial charge in [0.1, 0.15) is 5.69 Å². The molecule has 2 aromatic heterocycles. The molecule has 0 bridgehead atoms. The van der Waals surface area contributed by atoms with E-state index in [1.54, 1.807) is 13.2 Å². The van der Waals surface area contributed by atoms with E-state index in [0.29, 0.717) is 23.1 Å². The molecule has 0 atom stereocenters. The van der Waals surface area contributed by atoms with Gasteiger partial charge in [0.15, 0.2) is 5.01 Å². The zero-order valence-electron chi connectivity index (χ0n) is 10.7. The SMILES string of the molecule is CNCCC(=O)Nc1nnc(-c2ccccn2)s1.Cl.Cl. The minimum absolute atomic E-state index is 0. The van der Waals surface area contributed by atoms with Gasteiger partial charge in [-0.1, -0.05) is 17.4 Å². The molecule has 0 saturated heterocycles. The Hall–Kier alpha value is -1.28. The van der Waals surface area contributed by atoms with Gasteiger partial charge in [-0.2, -0.15) is 0 Å². The Balaban J connectivity index is 0.00000180. The number of carbonyl (C=O) groups excluding carboxylic acids is 1. The van der Waals surface area contributed by atoms with Crippen LogP contribution in [0.3, 0.4) is 0 Å². The van der Waals surface area contributed by atoms with Crippen molar-refractivity contribution in [3.8, 4) is 10.7 Å². The summed E-state index contributed by atoms with van der Waals surface area (Å²) in [6.07, 6.45) is 2.11. The Kier molecular flexibility index (Phi) is 8.98. The van der Waals surface area contributed by atoms with Crippen LogP contribution >= 0.6 is 36.2 Å². The Bertz CT molecular complexity index is 523. The number of carbonyl (C=O) groups is 1. The standard InChI is InChI=1S/C11H13N5OS.2ClH/c1-12-7-5-9(17)14-11-16-15-10(18-11)8-4-2-3-6-13-8;;/h2-4,6,12H,5,7H2,1H3,(H,14,16,17);2*1H. The predicted molar refractivity (Wildman–Crippen MR) is 84.8 cm³/mol. The topological polar surface area (TPSA) is 79.8 Å². The van der Waals surface area contributed by atoms with E-state index in [0.717, 1.165) is 5.69 Å². The van der Waals surface area contributed by atoms with E-state index in [1.807, 2.05) is 18.2 Å². The van der Waals surface area contributed by atoms with Gasteiger partial charge >= 0.3 is 0 Å². The summed E-state index contributed by atoms with van der Waals surface area (Å²) in [4.78, 5) is 15.7. The van der Waals surface area contributed by atoms with E-state index in [1.165, 1.54) is 11.3 Å². The van der Waals surface area contributed by atoms with Gasteiger partial charge in [-0.15, -0.1) is 35.0 Å². The zero-order valence-corrected chi connectivity index (χ0v) is 13.1. The first-order valence-electron chi connectivity index (χ1n) is 5.49. The molecular formula is C11H15Cl2N5OS. The average molecular weight is 336 g/mol. The summed E-state index contributed by atoms with van der Waals surface area (Å²) in [5.41, 5.74) is 0.755. The molecule has 2 aromatic rings. The maximum absolute atomic E-state index is 11.5. The molecule has 0 saturated carbocycles. The second-order valence-corrected chi connectivity index (χ2v) is 4.51. The fourth-order valence-electron chi connectivity index (χ4n) is 1.29. The highest BCUT2D eigenvalue weighted by Gasteiger charge is 2.09.